The molecule has 0 amide bonds. The maximum absolute atomic E-state index is 6.37. The Morgan fingerprint density at radius 1 is 1.29 bits per heavy atom. The SMILES string of the molecule is Cc1cccc(C(C)c2nc(C3(N)CCCC3)no2)c1.Cl. The van der Waals surface area contributed by atoms with Crippen LogP contribution in [-0.2, 0) is 5.54 Å². The van der Waals surface area contributed by atoms with Crippen molar-refractivity contribution in [3.63, 3.8) is 0 Å². The van der Waals surface area contributed by atoms with E-state index >= 15 is 0 Å². The van der Waals surface area contributed by atoms with Crippen LogP contribution in [0.5, 0.6) is 0 Å². The second-order valence-corrected chi connectivity index (χ2v) is 5.96. The Bertz CT molecular complexity index is 605. The summed E-state index contributed by atoms with van der Waals surface area (Å²) < 4.78 is 5.46. The number of hydrogen-bond donors (Lipinski definition) is 1. The smallest absolute Gasteiger partial charge is 0.233 e. The second kappa shape index (κ2) is 6.16. The van der Waals surface area contributed by atoms with Crippen LogP contribution >= 0.6 is 12.4 Å². The second-order valence-electron chi connectivity index (χ2n) is 5.96. The van der Waals surface area contributed by atoms with Crippen LogP contribution in [0.15, 0.2) is 28.8 Å². The first-order chi connectivity index (χ1) is 9.58. The standard InChI is InChI=1S/C16H21N3O.ClH/c1-11-6-5-7-13(10-11)12(2)14-18-15(19-20-14)16(17)8-3-4-9-16;/h5-7,10,12H,3-4,8-9,17H2,1-2H3;1H. The molecule has 0 radical (unpaired) electrons. The van der Waals surface area contributed by atoms with E-state index in [1.54, 1.807) is 0 Å². The summed E-state index contributed by atoms with van der Waals surface area (Å²) in [5.41, 5.74) is 8.42. The van der Waals surface area contributed by atoms with Crippen LogP contribution in [0.4, 0.5) is 0 Å². The quantitative estimate of drug-likeness (QED) is 0.939. The van der Waals surface area contributed by atoms with Crippen molar-refractivity contribution < 1.29 is 4.52 Å². The largest absolute Gasteiger partial charge is 0.339 e. The highest BCUT2D eigenvalue weighted by Gasteiger charge is 2.36. The molecule has 0 bridgehead atoms. The fourth-order valence-corrected chi connectivity index (χ4v) is 2.92. The van der Waals surface area contributed by atoms with Crippen molar-refractivity contribution in [2.75, 3.05) is 0 Å². The van der Waals surface area contributed by atoms with Crippen molar-refractivity contribution in [1.82, 2.24) is 10.1 Å². The van der Waals surface area contributed by atoms with Gasteiger partial charge in [0.25, 0.3) is 0 Å². The highest BCUT2D eigenvalue weighted by molar-refractivity contribution is 5.85. The molecule has 0 aliphatic heterocycles. The van der Waals surface area contributed by atoms with Gasteiger partial charge in [-0.25, -0.2) is 0 Å². The molecule has 1 heterocycles. The van der Waals surface area contributed by atoms with E-state index in [1.807, 2.05) is 0 Å². The number of aryl methyl sites for hydroxylation is 1. The summed E-state index contributed by atoms with van der Waals surface area (Å²) in [6.45, 7) is 4.17. The van der Waals surface area contributed by atoms with E-state index in [1.165, 1.54) is 11.1 Å². The molecule has 1 aliphatic carbocycles. The number of nitrogens with two attached hydrogens (primary N) is 1. The molecule has 1 fully saturated rings. The van der Waals surface area contributed by atoms with Crippen molar-refractivity contribution in [3.05, 3.63) is 47.1 Å². The summed E-state index contributed by atoms with van der Waals surface area (Å²) in [5.74, 6) is 1.42. The number of halogens is 1. The van der Waals surface area contributed by atoms with Gasteiger partial charge in [0.15, 0.2) is 5.82 Å². The van der Waals surface area contributed by atoms with Crippen LogP contribution in [0.25, 0.3) is 0 Å². The Hall–Kier alpha value is -1.39. The summed E-state index contributed by atoms with van der Waals surface area (Å²) in [7, 11) is 0. The van der Waals surface area contributed by atoms with Gasteiger partial charge >= 0.3 is 0 Å². The lowest BCUT2D eigenvalue weighted by atomic mass is 9.97. The summed E-state index contributed by atoms with van der Waals surface area (Å²) in [5, 5.41) is 4.13. The zero-order chi connectivity index (χ0) is 14.2. The Kier molecular flexibility index (Phi) is 4.69. The lowest BCUT2D eigenvalue weighted by Gasteiger charge is -2.17. The number of benzene rings is 1. The van der Waals surface area contributed by atoms with E-state index in [4.69, 9.17) is 10.3 Å². The van der Waals surface area contributed by atoms with Crippen LogP contribution < -0.4 is 5.73 Å². The Morgan fingerprint density at radius 2 is 2.00 bits per heavy atom. The molecule has 114 valence electrons. The molecular weight excluding hydrogens is 286 g/mol. The monoisotopic (exact) mass is 307 g/mol. The van der Waals surface area contributed by atoms with Gasteiger partial charge in [-0.3, -0.25) is 0 Å². The van der Waals surface area contributed by atoms with Gasteiger partial charge in [-0.05, 0) is 32.3 Å². The van der Waals surface area contributed by atoms with Crippen LogP contribution in [0.2, 0.25) is 0 Å². The van der Waals surface area contributed by atoms with Crippen molar-refractivity contribution in [1.29, 1.82) is 0 Å². The molecule has 0 saturated heterocycles. The van der Waals surface area contributed by atoms with Crippen molar-refractivity contribution in [3.8, 4) is 0 Å². The Labute approximate surface area is 131 Å². The molecule has 1 atom stereocenters. The molecule has 1 saturated carbocycles. The predicted octanol–water partition coefficient (Wildman–Crippen LogP) is 3.68. The van der Waals surface area contributed by atoms with E-state index in [0.29, 0.717) is 11.7 Å². The molecule has 21 heavy (non-hydrogen) atoms. The van der Waals surface area contributed by atoms with E-state index in [9.17, 15) is 0 Å². The number of rotatable bonds is 3. The van der Waals surface area contributed by atoms with Gasteiger partial charge in [0.05, 0.1) is 11.5 Å². The fourth-order valence-electron chi connectivity index (χ4n) is 2.92. The molecule has 2 aromatic rings. The summed E-state index contributed by atoms with van der Waals surface area (Å²) in [4.78, 5) is 4.57. The van der Waals surface area contributed by atoms with E-state index in [0.717, 1.165) is 25.7 Å². The third kappa shape index (κ3) is 3.11. The van der Waals surface area contributed by atoms with Crippen molar-refractivity contribution in [2.24, 2.45) is 5.73 Å². The zero-order valence-electron chi connectivity index (χ0n) is 12.5. The van der Waals surface area contributed by atoms with Gasteiger partial charge in [0, 0.05) is 0 Å². The zero-order valence-corrected chi connectivity index (χ0v) is 13.3. The summed E-state index contributed by atoms with van der Waals surface area (Å²) in [6, 6.07) is 8.39. The number of aromatic nitrogens is 2. The van der Waals surface area contributed by atoms with Gasteiger partial charge in [-0.15, -0.1) is 12.4 Å². The molecule has 1 aromatic heterocycles. The Morgan fingerprint density at radius 3 is 2.67 bits per heavy atom. The third-order valence-electron chi connectivity index (χ3n) is 4.30. The molecule has 2 N–H and O–H groups in total. The van der Waals surface area contributed by atoms with Crippen molar-refractivity contribution in [2.45, 2.75) is 51.0 Å². The molecule has 5 heteroatoms. The molecule has 1 aliphatic rings. The minimum atomic E-state index is -0.381. The molecule has 4 nitrogen and oxygen atoms in total. The first-order valence-corrected chi connectivity index (χ1v) is 7.28. The number of hydrogen-bond acceptors (Lipinski definition) is 4. The maximum atomic E-state index is 6.37. The minimum Gasteiger partial charge on any atom is -0.339 e. The molecule has 0 spiro atoms. The maximum Gasteiger partial charge on any atom is 0.233 e. The van der Waals surface area contributed by atoms with E-state index in [-0.39, 0.29) is 23.9 Å². The van der Waals surface area contributed by atoms with Gasteiger partial charge in [-0.2, -0.15) is 4.98 Å². The minimum absolute atomic E-state index is 0. The number of nitrogens with zero attached hydrogens (tertiary/aromatic N) is 2. The van der Waals surface area contributed by atoms with Gasteiger partial charge in [0.2, 0.25) is 5.89 Å². The van der Waals surface area contributed by atoms with Gasteiger partial charge in [-0.1, -0.05) is 47.8 Å². The molecular formula is C16H22ClN3O. The van der Waals surface area contributed by atoms with Gasteiger partial charge in [0.1, 0.15) is 0 Å². The predicted molar refractivity (Wildman–Crippen MR) is 84.6 cm³/mol. The first kappa shape index (κ1) is 16.0. The topological polar surface area (TPSA) is 64.9 Å². The molecule has 3 rings (SSSR count). The summed E-state index contributed by atoms with van der Waals surface area (Å²) in [6.07, 6.45) is 4.19. The first-order valence-electron chi connectivity index (χ1n) is 7.28. The lowest BCUT2D eigenvalue weighted by Crippen LogP contribution is -2.34. The van der Waals surface area contributed by atoms with E-state index in [2.05, 4.69) is 48.3 Å². The fraction of sp³-hybridized carbons (Fsp3) is 0.500. The Balaban J connectivity index is 0.00000161. The van der Waals surface area contributed by atoms with Crippen molar-refractivity contribution >= 4 is 12.4 Å². The normalized spacial score (nSPS) is 18.2. The lowest BCUT2D eigenvalue weighted by molar-refractivity contribution is 0.344. The average Bonchev–Trinajstić information content (AvgIpc) is 3.07. The summed E-state index contributed by atoms with van der Waals surface area (Å²) >= 11 is 0. The van der Waals surface area contributed by atoms with Crippen LogP contribution in [-0.4, -0.2) is 10.1 Å². The third-order valence-corrected chi connectivity index (χ3v) is 4.30. The average molecular weight is 308 g/mol. The van der Waals surface area contributed by atoms with Gasteiger partial charge < -0.3 is 10.3 Å². The molecule has 1 unspecified atom stereocenters. The molecule has 1 aromatic carbocycles. The van der Waals surface area contributed by atoms with Crippen LogP contribution in [0, 0.1) is 6.92 Å². The van der Waals surface area contributed by atoms with Crippen LogP contribution in [0.3, 0.4) is 0 Å². The highest BCUT2D eigenvalue weighted by atomic mass is 35.5. The van der Waals surface area contributed by atoms with E-state index < -0.39 is 0 Å². The highest BCUT2D eigenvalue weighted by Crippen LogP contribution is 2.35. The van der Waals surface area contributed by atoms with Crippen LogP contribution in [0.1, 0.15) is 61.4 Å².